The number of urea groups is 1. The monoisotopic (exact) mass is 298 g/mol. The van der Waals surface area contributed by atoms with Crippen molar-refractivity contribution < 1.29 is 28.6 Å². The molecule has 1 aliphatic heterocycles. The molecule has 2 rings (SSSR count). The Balaban J connectivity index is 2.10. The van der Waals surface area contributed by atoms with Crippen LogP contribution in [0.1, 0.15) is 6.42 Å². The predicted molar refractivity (Wildman–Crippen MR) is 70.9 cm³/mol. The zero-order valence-electron chi connectivity index (χ0n) is 11.3. The lowest BCUT2D eigenvalue weighted by Crippen LogP contribution is -2.56. The van der Waals surface area contributed by atoms with Crippen LogP contribution >= 0.6 is 0 Å². The minimum Gasteiger partial charge on any atom is -0.494 e. The Hall–Kier alpha value is -2.35. The van der Waals surface area contributed by atoms with E-state index in [9.17, 15) is 19.1 Å². The third-order valence-electron chi connectivity index (χ3n) is 3.20. The second-order valence-corrected chi connectivity index (χ2v) is 4.61. The van der Waals surface area contributed by atoms with E-state index in [1.54, 1.807) is 0 Å². The Morgan fingerprint density at radius 2 is 2.24 bits per heavy atom. The van der Waals surface area contributed by atoms with Crippen molar-refractivity contribution in [3.8, 4) is 5.75 Å². The molecule has 0 radical (unpaired) electrons. The standard InChI is InChI=1S/C13H15FN2O5/c1-20-10-6-8(14)2-3-9(10)15-12(19)16-13(11(17)18)4-5-21-7-13/h2-3,6H,4-5,7H2,1H3,(H,17,18)(H2,15,16,19). The lowest BCUT2D eigenvalue weighted by atomic mass is 9.99. The maximum Gasteiger partial charge on any atom is 0.332 e. The molecule has 0 saturated carbocycles. The Morgan fingerprint density at radius 3 is 2.81 bits per heavy atom. The van der Waals surface area contributed by atoms with E-state index in [1.807, 2.05) is 0 Å². The average molecular weight is 298 g/mol. The highest BCUT2D eigenvalue weighted by Gasteiger charge is 2.44. The molecule has 1 heterocycles. The summed E-state index contributed by atoms with van der Waals surface area (Å²) in [4.78, 5) is 23.2. The molecule has 0 aliphatic carbocycles. The van der Waals surface area contributed by atoms with Gasteiger partial charge in [0.2, 0.25) is 0 Å². The van der Waals surface area contributed by atoms with Crippen LogP contribution in [0.5, 0.6) is 5.75 Å². The summed E-state index contributed by atoms with van der Waals surface area (Å²) in [6.45, 7) is 0.156. The van der Waals surface area contributed by atoms with Crippen molar-refractivity contribution in [2.45, 2.75) is 12.0 Å². The molecule has 114 valence electrons. The quantitative estimate of drug-likeness (QED) is 0.776. The second-order valence-electron chi connectivity index (χ2n) is 4.61. The van der Waals surface area contributed by atoms with Gasteiger partial charge in [0, 0.05) is 19.1 Å². The van der Waals surface area contributed by atoms with Crippen LogP contribution in [0, 0.1) is 5.82 Å². The Kier molecular flexibility index (Phi) is 4.27. The van der Waals surface area contributed by atoms with Crippen LogP contribution < -0.4 is 15.4 Å². The van der Waals surface area contributed by atoms with E-state index in [2.05, 4.69) is 10.6 Å². The topological polar surface area (TPSA) is 96.9 Å². The van der Waals surface area contributed by atoms with E-state index in [4.69, 9.17) is 9.47 Å². The second kappa shape index (κ2) is 5.96. The number of carbonyl (C=O) groups excluding carboxylic acids is 1. The number of anilines is 1. The van der Waals surface area contributed by atoms with Gasteiger partial charge in [0.1, 0.15) is 11.6 Å². The summed E-state index contributed by atoms with van der Waals surface area (Å²) in [5.74, 6) is -1.54. The number of carboxylic acids is 1. The van der Waals surface area contributed by atoms with Gasteiger partial charge in [-0.1, -0.05) is 0 Å². The summed E-state index contributed by atoms with van der Waals surface area (Å²) in [5, 5.41) is 14.0. The summed E-state index contributed by atoms with van der Waals surface area (Å²) in [7, 11) is 1.33. The molecular formula is C13H15FN2O5. The number of carboxylic acid groups (broad SMARTS) is 1. The van der Waals surface area contributed by atoms with Crippen molar-refractivity contribution >= 4 is 17.7 Å². The molecule has 3 N–H and O–H groups in total. The first-order chi connectivity index (χ1) is 9.97. The number of halogens is 1. The summed E-state index contributed by atoms with van der Waals surface area (Å²) < 4.78 is 23.0. The van der Waals surface area contributed by atoms with Gasteiger partial charge < -0.3 is 25.2 Å². The molecule has 1 fully saturated rings. The first-order valence-corrected chi connectivity index (χ1v) is 6.21. The van der Waals surface area contributed by atoms with Crippen molar-refractivity contribution in [3.63, 3.8) is 0 Å². The van der Waals surface area contributed by atoms with Crippen molar-refractivity contribution in [2.75, 3.05) is 25.6 Å². The zero-order valence-corrected chi connectivity index (χ0v) is 11.3. The molecule has 8 heteroatoms. The highest BCUT2D eigenvalue weighted by Crippen LogP contribution is 2.25. The average Bonchev–Trinajstić information content (AvgIpc) is 2.90. The van der Waals surface area contributed by atoms with Crippen LogP contribution in [0.2, 0.25) is 0 Å². The van der Waals surface area contributed by atoms with Gasteiger partial charge in [-0.25, -0.2) is 14.0 Å². The molecule has 0 aromatic heterocycles. The number of methoxy groups -OCH3 is 1. The van der Waals surface area contributed by atoms with Gasteiger partial charge in [0.15, 0.2) is 5.54 Å². The van der Waals surface area contributed by atoms with E-state index < -0.39 is 23.4 Å². The smallest absolute Gasteiger partial charge is 0.332 e. The van der Waals surface area contributed by atoms with Crippen LogP contribution in [-0.2, 0) is 9.53 Å². The molecule has 1 unspecified atom stereocenters. The predicted octanol–water partition coefficient (Wildman–Crippen LogP) is 1.20. The van der Waals surface area contributed by atoms with Crippen molar-refractivity contribution in [3.05, 3.63) is 24.0 Å². The van der Waals surface area contributed by atoms with Crippen LogP contribution in [0.4, 0.5) is 14.9 Å². The fourth-order valence-electron chi connectivity index (χ4n) is 2.02. The van der Waals surface area contributed by atoms with Crippen LogP contribution in [-0.4, -0.2) is 43.0 Å². The SMILES string of the molecule is COc1cc(F)ccc1NC(=O)NC1(C(=O)O)CCOC1. The number of aliphatic carboxylic acids is 1. The number of ether oxygens (including phenoxy) is 2. The maximum absolute atomic E-state index is 13.1. The van der Waals surface area contributed by atoms with Gasteiger partial charge in [-0.2, -0.15) is 0 Å². The number of hydrogen-bond donors (Lipinski definition) is 3. The fourth-order valence-corrected chi connectivity index (χ4v) is 2.02. The highest BCUT2D eigenvalue weighted by atomic mass is 19.1. The molecule has 2 amide bonds. The van der Waals surface area contributed by atoms with Gasteiger partial charge in [-0.05, 0) is 12.1 Å². The number of amides is 2. The summed E-state index contributed by atoms with van der Waals surface area (Å²) in [6, 6.07) is 2.87. The Labute approximate surface area is 120 Å². The van der Waals surface area contributed by atoms with Crippen molar-refractivity contribution in [1.82, 2.24) is 5.32 Å². The van der Waals surface area contributed by atoms with Gasteiger partial charge in [0.05, 0.1) is 19.4 Å². The molecule has 1 atom stereocenters. The van der Waals surface area contributed by atoms with Crippen LogP contribution in [0.3, 0.4) is 0 Å². The van der Waals surface area contributed by atoms with E-state index in [0.29, 0.717) is 0 Å². The third kappa shape index (κ3) is 3.22. The van der Waals surface area contributed by atoms with E-state index in [-0.39, 0.29) is 31.1 Å². The molecule has 7 nitrogen and oxygen atoms in total. The van der Waals surface area contributed by atoms with E-state index in [1.165, 1.54) is 13.2 Å². The van der Waals surface area contributed by atoms with Crippen molar-refractivity contribution in [1.29, 1.82) is 0 Å². The molecule has 1 aromatic carbocycles. The van der Waals surface area contributed by atoms with Gasteiger partial charge >= 0.3 is 12.0 Å². The first-order valence-electron chi connectivity index (χ1n) is 6.21. The maximum atomic E-state index is 13.1. The normalized spacial score (nSPS) is 20.9. The van der Waals surface area contributed by atoms with Gasteiger partial charge in [-0.3, -0.25) is 0 Å². The van der Waals surface area contributed by atoms with E-state index in [0.717, 1.165) is 12.1 Å². The summed E-state index contributed by atoms with van der Waals surface area (Å²) in [6.07, 6.45) is 0.177. The summed E-state index contributed by atoms with van der Waals surface area (Å²) in [5.41, 5.74) is -1.21. The number of benzene rings is 1. The van der Waals surface area contributed by atoms with Crippen LogP contribution in [0.15, 0.2) is 18.2 Å². The largest absolute Gasteiger partial charge is 0.494 e. The molecular weight excluding hydrogens is 283 g/mol. The van der Waals surface area contributed by atoms with Crippen LogP contribution in [0.25, 0.3) is 0 Å². The minimum absolute atomic E-state index is 0.101. The van der Waals surface area contributed by atoms with E-state index >= 15 is 0 Å². The molecule has 1 saturated heterocycles. The third-order valence-corrected chi connectivity index (χ3v) is 3.20. The minimum atomic E-state index is -1.45. The Morgan fingerprint density at radius 1 is 1.48 bits per heavy atom. The van der Waals surface area contributed by atoms with Gasteiger partial charge in [0.25, 0.3) is 0 Å². The zero-order chi connectivity index (χ0) is 15.5. The van der Waals surface area contributed by atoms with Crippen molar-refractivity contribution in [2.24, 2.45) is 0 Å². The molecule has 1 aliphatic rings. The number of hydrogen-bond acceptors (Lipinski definition) is 4. The molecule has 0 spiro atoms. The highest BCUT2D eigenvalue weighted by molar-refractivity contribution is 5.95. The lowest BCUT2D eigenvalue weighted by Gasteiger charge is -2.24. The number of carbonyl (C=O) groups is 2. The first kappa shape index (κ1) is 15.0. The fraction of sp³-hybridized carbons (Fsp3) is 0.385. The Bertz CT molecular complexity index is 557. The number of rotatable bonds is 4. The molecule has 0 bridgehead atoms. The lowest BCUT2D eigenvalue weighted by molar-refractivity contribution is -0.144. The summed E-state index contributed by atoms with van der Waals surface area (Å²) >= 11 is 0. The number of nitrogens with one attached hydrogen (secondary N) is 2. The molecule has 1 aromatic rings. The molecule has 21 heavy (non-hydrogen) atoms. The van der Waals surface area contributed by atoms with Gasteiger partial charge in [-0.15, -0.1) is 0 Å².